The van der Waals surface area contributed by atoms with Crippen LogP contribution in [0.15, 0.2) is 6.07 Å². The van der Waals surface area contributed by atoms with Crippen molar-refractivity contribution in [2.75, 3.05) is 7.11 Å². The van der Waals surface area contributed by atoms with E-state index in [0.717, 1.165) is 6.07 Å². The minimum Gasteiger partial charge on any atom is -0.305 e. The van der Waals surface area contributed by atoms with Crippen LogP contribution >= 0.6 is 11.6 Å². The van der Waals surface area contributed by atoms with Gasteiger partial charge in [-0.25, -0.2) is 13.2 Å². The lowest BCUT2D eigenvalue weighted by Crippen LogP contribution is -2.13. The Morgan fingerprint density at radius 1 is 1.36 bits per heavy atom. The van der Waals surface area contributed by atoms with Gasteiger partial charge in [0.15, 0.2) is 11.6 Å². The molecular weight excluding hydrogens is 219 g/mol. The molecule has 0 bridgehead atoms. The van der Waals surface area contributed by atoms with Crippen LogP contribution in [0.4, 0.5) is 13.2 Å². The lowest BCUT2D eigenvalue weighted by Gasteiger charge is -2.06. The molecule has 0 aliphatic heterocycles. The van der Waals surface area contributed by atoms with E-state index in [9.17, 15) is 13.2 Å². The van der Waals surface area contributed by atoms with Crippen molar-refractivity contribution < 1.29 is 18.0 Å². The van der Waals surface area contributed by atoms with E-state index in [1.54, 1.807) is 0 Å². The molecule has 1 N–H and O–H groups in total. The Hall–Kier alpha value is -0.780. The number of hydrogen-bond donors (Lipinski definition) is 1. The Labute approximate surface area is 83.6 Å². The Morgan fingerprint density at radius 2 is 2.00 bits per heavy atom. The maximum atomic E-state index is 13.0. The van der Waals surface area contributed by atoms with E-state index in [4.69, 9.17) is 11.6 Å². The van der Waals surface area contributed by atoms with E-state index < -0.39 is 22.5 Å². The average Bonchev–Trinajstić information content (AvgIpc) is 2.18. The molecule has 1 aromatic carbocycles. The first-order valence-corrected chi connectivity index (χ1v) is 4.03. The number of nitrogens with one attached hydrogen (secondary N) is 1. The van der Waals surface area contributed by atoms with Gasteiger partial charge in [0.25, 0.3) is 0 Å². The molecule has 0 heterocycles. The van der Waals surface area contributed by atoms with Gasteiger partial charge in [-0.15, -0.1) is 0 Å². The molecule has 6 heteroatoms. The van der Waals surface area contributed by atoms with Crippen molar-refractivity contribution in [1.29, 1.82) is 0 Å². The predicted molar refractivity (Wildman–Crippen MR) is 45.2 cm³/mol. The van der Waals surface area contributed by atoms with Crippen LogP contribution in [0.3, 0.4) is 0 Å². The molecule has 2 nitrogen and oxygen atoms in total. The van der Waals surface area contributed by atoms with Gasteiger partial charge in [0, 0.05) is 12.1 Å². The topological polar surface area (TPSA) is 21.3 Å². The molecule has 1 aromatic rings. The molecule has 0 spiro atoms. The summed E-state index contributed by atoms with van der Waals surface area (Å²) in [6.07, 6.45) is 0. The molecular formula is C8H7ClF3NO. The normalized spacial score (nSPS) is 10.6. The quantitative estimate of drug-likeness (QED) is 0.485. The summed E-state index contributed by atoms with van der Waals surface area (Å²) in [5.74, 6) is -3.57. The third kappa shape index (κ3) is 2.17. The van der Waals surface area contributed by atoms with Gasteiger partial charge in [0.1, 0.15) is 10.8 Å². The molecule has 0 fully saturated rings. The van der Waals surface area contributed by atoms with Crippen LogP contribution in [0.25, 0.3) is 0 Å². The number of hydrogen-bond acceptors (Lipinski definition) is 2. The molecule has 0 amide bonds. The summed E-state index contributed by atoms with van der Waals surface area (Å²) in [6.45, 7) is -0.145. The molecule has 0 unspecified atom stereocenters. The number of benzene rings is 1. The highest BCUT2D eigenvalue weighted by atomic mass is 35.5. The highest BCUT2D eigenvalue weighted by molar-refractivity contribution is 6.30. The zero-order valence-corrected chi connectivity index (χ0v) is 7.96. The molecule has 0 aliphatic carbocycles. The summed E-state index contributed by atoms with van der Waals surface area (Å²) in [6, 6.07) is 0.812. The third-order valence-electron chi connectivity index (χ3n) is 1.58. The van der Waals surface area contributed by atoms with Gasteiger partial charge >= 0.3 is 0 Å². The molecule has 0 aromatic heterocycles. The smallest absolute Gasteiger partial charge is 0.180 e. The molecule has 0 saturated carbocycles. The Bertz CT molecular complexity index is 346. The van der Waals surface area contributed by atoms with E-state index in [1.807, 2.05) is 0 Å². The molecule has 1 rings (SSSR count). The highest BCUT2D eigenvalue weighted by Crippen LogP contribution is 2.24. The molecule has 0 atom stereocenters. The number of halogens is 4. The van der Waals surface area contributed by atoms with Crippen LogP contribution in [0, 0.1) is 17.5 Å². The second-order valence-corrected chi connectivity index (χ2v) is 2.86. The monoisotopic (exact) mass is 225 g/mol. The van der Waals surface area contributed by atoms with Gasteiger partial charge in [-0.2, -0.15) is 5.48 Å². The summed E-state index contributed by atoms with van der Waals surface area (Å²) in [7, 11) is 1.31. The van der Waals surface area contributed by atoms with Crippen LogP contribution in [0.1, 0.15) is 5.56 Å². The second kappa shape index (κ2) is 4.63. The third-order valence-corrected chi connectivity index (χ3v) is 1.93. The molecule has 0 saturated heterocycles. The van der Waals surface area contributed by atoms with Gasteiger partial charge in [-0.05, 0) is 6.07 Å². The average molecular weight is 226 g/mol. The van der Waals surface area contributed by atoms with Crippen molar-refractivity contribution in [2.45, 2.75) is 6.54 Å². The lowest BCUT2D eigenvalue weighted by molar-refractivity contribution is 0.0857. The predicted octanol–water partition coefficient (Wildman–Crippen LogP) is 2.41. The fraction of sp³-hybridized carbons (Fsp3) is 0.250. The Morgan fingerprint density at radius 3 is 2.57 bits per heavy atom. The first kappa shape index (κ1) is 11.3. The summed E-state index contributed by atoms with van der Waals surface area (Å²) in [5.41, 5.74) is 2.07. The maximum absolute atomic E-state index is 13.0. The summed E-state index contributed by atoms with van der Waals surface area (Å²) in [4.78, 5) is 4.42. The van der Waals surface area contributed by atoms with Crippen molar-refractivity contribution in [3.63, 3.8) is 0 Å². The highest BCUT2D eigenvalue weighted by Gasteiger charge is 2.16. The SMILES string of the molecule is CONCc1cc(F)c(Cl)c(F)c1F. The van der Waals surface area contributed by atoms with Crippen LogP contribution in [0.2, 0.25) is 5.02 Å². The Balaban J connectivity index is 3.06. The lowest BCUT2D eigenvalue weighted by atomic mass is 10.2. The summed E-state index contributed by atoms with van der Waals surface area (Å²) >= 11 is 5.15. The van der Waals surface area contributed by atoms with E-state index in [0.29, 0.717) is 0 Å². The van der Waals surface area contributed by atoms with Crippen LogP contribution < -0.4 is 5.48 Å². The van der Waals surface area contributed by atoms with Crippen molar-refractivity contribution in [1.82, 2.24) is 5.48 Å². The Kier molecular flexibility index (Phi) is 3.74. The van der Waals surface area contributed by atoms with Crippen molar-refractivity contribution in [3.05, 3.63) is 34.1 Å². The zero-order valence-electron chi connectivity index (χ0n) is 7.20. The summed E-state index contributed by atoms with van der Waals surface area (Å²) < 4.78 is 38.7. The first-order valence-electron chi connectivity index (χ1n) is 3.65. The van der Waals surface area contributed by atoms with Gasteiger partial charge in [0.2, 0.25) is 0 Å². The van der Waals surface area contributed by atoms with Crippen molar-refractivity contribution in [2.24, 2.45) is 0 Å². The van der Waals surface area contributed by atoms with Crippen molar-refractivity contribution in [3.8, 4) is 0 Å². The van der Waals surface area contributed by atoms with Crippen LogP contribution in [0.5, 0.6) is 0 Å². The largest absolute Gasteiger partial charge is 0.305 e. The second-order valence-electron chi connectivity index (χ2n) is 2.48. The fourth-order valence-corrected chi connectivity index (χ4v) is 1.04. The number of rotatable bonds is 3. The minimum absolute atomic E-state index is 0.145. The van der Waals surface area contributed by atoms with Crippen molar-refractivity contribution >= 4 is 11.6 Å². The summed E-state index contributed by atoms with van der Waals surface area (Å²) in [5, 5.41) is -0.844. The van der Waals surface area contributed by atoms with E-state index in [2.05, 4.69) is 10.3 Å². The van der Waals surface area contributed by atoms with Gasteiger partial charge in [0.05, 0.1) is 7.11 Å². The fourth-order valence-electron chi connectivity index (χ4n) is 0.900. The van der Waals surface area contributed by atoms with Crippen LogP contribution in [-0.4, -0.2) is 7.11 Å². The maximum Gasteiger partial charge on any atom is 0.180 e. The molecule has 0 radical (unpaired) electrons. The van der Waals surface area contributed by atoms with Crippen LogP contribution in [-0.2, 0) is 11.4 Å². The minimum atomic E-state index is -1.39. The standard InChI is InChI=1S/C8H7ClF3NO/c1-14-13-3-4-2-5(10)6(9)8(12)7(4)11/h2,13H,3H2,1H3. The number of hydroxylamine groups is 1. The van der Waals surface area contributed by atoms with E-state index in [-0.39, 0.29) is 12.1 Å². The van der Waals surface area contributed by atoms with Gasteiger partial charge < -0.3 is 4.84 Å². The van der Waals surface area contributed by atoms with Gasteiger partial charge in [-0.1, -0.05) is 11.6 Å². The zero-order chi connectivity index (χ0) is 10.7. The molecule has 14 heavy (non-hydrogen) atoms. The molecule has 78 valence electrons. The first-order chi connectivity index (χ1) is 6.57. The molecule has 0 aliphatic rings. The van der Waals surface area contributed by atoms with E-state index in [1.165, 1.54) is 7.11 Å². The van der Waals surface area contributed by atoms with Gasteiger partial charge in [-0.3, -0.25) is 0 Å². The van der Waals surface area contributed by atoms with E-state index >= 15 is 0 Å².